The average Bonchev–Trinajstić information content (AvgIpc) is 2.41. The minimum atomic E-state index is -1.91. The summed E-state index contributed by atoms with van der Waals surface area (Å²) in [5.41, 5.74) is -0.116. The number of amides is 1. The Morgan fingerprint density at radius 1 is 1.33 bits per heavy atom. The molecule has 1 aromatic rings. The van der Waals surface area contributed by atoms with Gasteiger partial charge >= 0.3 is 6.09 Å². The van der Waals surface area contributed by atoms with E-state index in [2.05, 4.69) is 38.8 Å². The van der Waals surface area contributed by atoms with Gasteiger partial charge < -0.3 is 9.53 Å². The van der Waals surface area contributed by atoms with Crippen molar-refractivity contribution in [1.29, 1.82) is 0 Å². The zero-order valence-corrected chi connectivity index (χ0v) is 17.4. The fourth-order valence-corrected chi connectivity index (χ4v) is 3.60. The van der Waals surface area contributed by atoms with E-state index in [1.807, 2.05) is 13.8 Å². The van der Waals surface area contributed by atoms with Gasteiger partial charge in [-0.2, -0.15) is 0 Å². The van der Waals surface area contributed by atoms with Crippen LogP contribution in [0.1, 0.15) is 40.2 Å². The maximum Gasteiger partial charge on any atom is 0.408 e. The molecule has 0 aliphatic carbocycles. The van der Waals surface area contributed by atoms with Crippen molar-refractivity contribution in [3.05, 3.63) is 29.0 Å². The van der Waals surface area contributed by atoms with Crippen molar-refractivity contribution in [1.82, 2.24) is 9.88 Å². The molecule has 0 saturated carbocycles. The molecule has 5 nitrogen and oxygen atoms in total. The molecule has 1 rings (SSSR count). The van der Waals surface area contributed by atoms with Crippen molar-refractivity contribution in [3.8, 4) is 0 Å². The minimum absolute atomic E-state index is 0.0865. The molecule has 7 heteroatoms. The van der Waals surface area contributed by atoms with E-state index in [1.54, 1.807) is 18.3 Å². The van der Waals surface area contributed by atoms with Crippen LogP contribution < -0.4 is 0 Å². The van der Waals surface area contributed by atoms with Crippen LogP contribution in [0, 0.1) is 0 Å². The van der Waals surface area contributed by atoms with Gasteiger partial charge in [0.15, 0.2) is 8.32 Å². The predicted molar refractivity (Wildman–Crippen MR) is 100 cm³/mol. The number of aromatic nitrogens is 1. The molecule has 1 heterocycles. The largest absolute Gasteiger partial charge is 0.465 e. The normalized spacial score (nSPS) is 13.0. The Labute approximate surface area is 151 Å². The third kappa shape index (κ3) is 4.71. The maximum atomic E-state index is 11.8. The topological polar surface area (TPSA) is 62.7 Å². The van der Waals surface area contributed by atoms with Gasteiger partial charge in [-0.1, -0.05) is 38.4 Å². The van der Waals surface area contributed by atoms with Gasteiger partial charge in [-0.15, -0.1) is 0 Å². The van der Waals surface area contributed by atoms with Gasteiger partial charge in [-0.25, -0.2) is 9.78 Å². The van der Waals surface area contributed by atoms with Gasteiger partial charge in [0.05, 0.1) is 12.1 Å². The lowest BCUT2D eigenvalue weighted by molar-refractivity contribution is 0.0783. The Kier molecular flexibility index (Phi) is 6.47. The van der Waals surface area contributed by atoms with Gasteiger partial charge in [-0.05, 0) is 38.0 Å². The Balaban J connectivity index is 2.93. The van der Waals surface area contributed by atoms with E-state index in [1.165, 1.54) is 4.90 Å². The first-order valence-corrected chi connectivity index (χ1v) is 11.3. The third-order valence-corrected chi connectivity index (χ3v) is 9.75. The molecule has 1 N–H and O–H groups in total. The van der Waals surface area contributed by atoms with Crippen molar-refractivity contribution < 1.29 is 14.3 Å². The van der Waals surface area contributed by atoms with Crippen LogP contribution in [-0.4, -0.2) is 42.6 Å². The van der Waals surface area contributed by atoms with Crippen molar-refractivity contribution in [3.63, 3.8) is 0 Å². The van der Waals surface area contributed by atoms with Gasteiger partial charge in [0.1, 0.15) is 5.15 Å². The summed E-state index contributed by atoms with van der Waals surface area (Å²) in [6.45, 7) is 15.1. The first-order valence-electron chi connectivity index (χ1n) is 8.06. The molecule has 0 bridgehead atoms. The van der Waals surface area contributed by atoms with Crippen LogP contribution in [0.4, 0.5) is 4.79 Å². The molecule has 0 spiro atoms. The molecule has 0 unspecified atom stereocenters. The highest BCUT2D eigenvalue weighted by molar-refractivity contribution is 6.74. The number of carboxylic acid groups (broad SMARTS) is 1. The first-order chi connectivity index (χ1) is 10.8. The number of carbonyl (C=O) groups is 1. The fraction of sp³-hybridized carbons (Fsp3) is 0.647. The minimum Gasteiger partial charge on any atom is -0.465 e. The second-order valence-corrected chi connectivity index (χ2v) is 13.1. The monoisotopic (exact) mass is 372 g/mol. The van der Waals surface area contributed by atoms with Crippen LogP contribution in [-0.2, 0) is 9.96 Å². The van der Waals surface area contributed by atoms with Gasteiger partial charge in [0.2, 0.25) is 0 Å². The molecule has 0 atom stereocenters. The average molecular weight is 373 g/mol. The fourth-order valence-electron chi connectivity index (χ4n) is 2.21. The van der Waals surface area contributed by atoms with Crippen molar-refractivity contribution in [2.24, 2.45) is 0 Å². The number of pyridine rings is 1. The number of hydrogen-bond donors (Lipinski definition) is 1. The lowest BCUT2D eigenvalue weighted by Gasteiger charge is -2.40. The van der Waals surface area contributed by atoms with Crippen LogP contribution in [0.5, 0.6) is 0 Å². The van der Waals surface area contributed by atoms with E-state index in [4.69, 9.17) is 16.0 Å². The summed E-state index contributed by atoms with van der Waals surface area (Å²) in [6.07, 6.45) is 0.590. The zero-order valence-electron chi connectivity index (χ0n) is 15.7. The smallest absolute Gasteiger partial charge is 0.408 e. The van der Waals surface area contributed by atoms with Crippen molar-refractivity contribution >= 4 is 26.0 Å². The number of hydrogen-bond acceptors (Lipinski definition) is 3. The van der Waals surface area contributed by atoms with E-state index in [0.717, 1.165) is 0 Å². The van der Waals surface area contributed by atoms with Crippen molar-refractivity contribution in [2.45, 2.75) is 58.3 Å². The van der Waals surface area contributed by atoms with E-state index < -0.39 is 19.9 Å². The van der Waals surface area contributed by atoms with Crippen LogP contribution in [0.2, 0.25) is 23.3 Å². The quantitative estimate of drug-likeness (QED) is 0.565. The predicted octanol–water partition coefficient (Wildman–Crippen LogP) is 4.97. The zero-order chi connectivity index (χ0) is 18.8. The lowest BCUT2D eigenvalue weighted by Crippen LogP contribution is -2.49. The number of rotatable bonds is 6. The van der Waals surface area contributed by atoms with Gasteiger partial charge in [-0.3, -0.25) is 4.90 Å². The molecule has 0 radical (unpaired) electrons. The van der Waals surface area contributed by atoms with Crippen LogP contribution in [0.25, 0.3) is 0 Å². The van der Waals surface area contributed by atoms with Gasteiger partial charge in [0.25, 0.3) is 0 Å². The van der Waals surface area contributed by atoms with Crippen LogP contribution >= 0.6 is 11.6 Å². The highest BCUT2D eigenvalue weighted by Crippen LogP contribution is 2.37. The van der Waals surface area contributed by atoms with Crippen LogP contribution in [0.3, 0.4) is 0 Å². The highest BCUT2D eigenvalue weighted by atomic mass is 35.5. The Bertz CT molecular complexity index is 585. The summed E-state index contributed by atoms with van der Waals surface area (Å²) in [7, 11) is -1.91. The first kappa shape index (κ1) is 20.9. The van der Waals surface area contributed by atoms with Gasteiger partial charge in [0, 0.05) is 18.3 Å². The summed E-state index contributed by atoms with van der Waals surface area (Å²) in [5.74, 6) is 0. The van der Waals surface area contributed by atoms with E-state index in [0.29, 0.717) is 17.3 Å². The molecule has 0 saturated heterocycles. The Morgan fingerprint density at radius 3 is 2.38 bits per heavy atom. The summed E-state index contributed by atoms with van der Waals surface area (Å²) < 4.78 is 6.12. The maximum absolute atomic E-state index is 11.8. The summed E-state index contributed by atoms with van der Waals surface area (Å²) in [4.78, 5) is 17.2. The molecule has 136 valence electrons. The molecular weight excluding hydrogens is 344 g/mol. The Morgan fingerprint density at radius 2 is 1.92 bits per heavy atom. The number of nitrogens with zero attached hydrogens (tertiary/aromatic N) is 2. The SMILES string of the molecule is CC(C)(c1cccnc1Cl)N(CCO[Si](C)(C)C(C)(C)C)C(=O)O. The molecule has 0 aliphatic heterocycles. The highest BCUT2D eigenvalue weighted by Gasteiger charge is 2.38. The molecule has 24 heavy (non-hydrogen) atoms. The second-order valence-electron chi connectivity index (χ2n) is 7.94. The van der Waals surface area contributed by atoms with E-state index >= 15 is 0 Å². The lowest BCUT2D eigenvalue weighted by atomic mass is 9.94. The van der Waals surface area contributed by atoms with E-state index in [-0.39, 0.29) is 11.6 Å². The summed E-state index contributed by atoms with van der Waals surface area (Å²) in [6, 6.07) is 3.56. The van der Waals surface area contributed by atoms with Crippen LogP contribution in [0.15, 0.2) is 18.3 Å². The standard InChI is InChI=1S/C17H29ClN2O3Si/c1-16(2,3)24(6,7)23-12-11-20(15(21)22)17(4,5)13-9-8-10-19-14(13)18/h8-10H,11-12H2,1-7H3,(H,21,22). The molecule has 1 aromatic heterocycles. The Hall–Kier alpha value is -1.11. The molecule has 1 amide bonds. The second kappa shape index (κ2) is 7.41. The summed E-state index contributed by atoms with van der Waals surface area (Å²) >= 11 is 6.17. The third-order valence-electron chi connectivity index (χ3n) is 4.91. The summed E-state index contributed by atoms with van der Waals surface area (Å²) in [5, 5.41) is 10.1. The molecular formula is C17H29ClN2O3Si. The van der Waals surface area contributed by atoms with Crippen molar-refractivity contribution in [2.75, 3.05) is 13.2 Å². The van der Waals surface area contributed by atoms with E-state index in [9.17, 15) is 9.90 Å². The number of halogens is 1. The molecule has 0 aromatic carbocycles. The molecule has 0 aliphatic rings. The molecule has 0 fully saturated rings.